The number of ether oxygens (including phenoxy) is 1. The molecule has 0 radical (unpaired) electrons. The molecule has 1 aromatic heterocycles. The maximum Gasteiger partial charge on any atom is 0.194 e. The fourth-order valence-electron chi connectivity index (χ4n) is 3.24. The maximum atomic E-state index is 5.16. The van der Waals surface area contributed by atoms with E-state index in [-0.39, 0.29) is 24.0 Å². The first kappa shape index (κ1) is 23.1. The smallest absolute Gasteiger partial charge is 0.194 e. The van der Waals surface area contributed by atoms with Crippen molar-refractivity contribution in [3.63, 3.8) is 0 Å². The highest BCUT2D eigenvalue weighted by molar-refractivity contribution is 14.0. The molecule has 1 atom stereocenters. The SMILES string of the molecule is CCN(CC)C1CCN(C(=NCc2nnc(C)n2C)NCCOC)C1.I. The second kappa shape index (κ2) is 11.7. The molecule has 2 rings (SSSR count). The number of rotatable bonds is 8. The lowest BCUT2D eigenvalue weighted by Gasteiger charge is -2.27. The Morgan fingerprint density at radius 3 is 2.65 bits per heavy atom. The van der Waals surface area contributed by atoms with Crippen LogP contribution < -0.4 is 5.32 Å². The quantitative estimate of drug-likeness (QED) is 0.262. The van der Waals surface area contributed by atoms with Crippen molar-refractivity contribution < 1.29 is 4.74 Å². The molecule has 1 N–H and O–H groups in total. The van der Waals surface area contributed by atoms with Crippen molar-refractivity contribution in [2.75, 3.05) is 46.4 Å². The van der Waals surface area contributed by atoms with Gasteiger partial charge in [-0.1, -0.05) is 13.8 Å². The maximum absolute atomic E-state index is 5.16. The van der Waals surface area contributed by atoms with Crippen LogP contribution in [0.4, 0.5) is 0 Å². The van der Waals surface area contributed by atoms with Crippen molar-refractivity contribution >= 4 is 29.9 Å². The lowest BCUT2D eigenvalue weighted by molar-refractivity contribution is 0.202. The van der Waals surface area contributed by atoms with Crippen LogP contribution in [0.2, 0.25) is 0 Å². The summed E-state index contributed by atoms with van der Waals surface area (Å²) in [4.78, 5) is 9.68. The third-order valence-corrected chi connectivity index (χ3v) is 4.93. The van der Waals surface area contributed by atoms with E-state index >= 15 is 0 Å². The molecule has 1 saturated heterocycles. The Morgan fingerprint density at radius 2 is 2.08 bits per heavy atom. The molecule has 9 heteroatoms. The van der Waals surface area contributed by atoms with E-state index in [0.29, 0.717) is 19.2 Å². The number of aliphatic imine (C=N–C) groups is 1. The summed E-state index contributed by atoms with van der Waals surface area (Å²) in [6.07, 6.45) is 1.18. The predicted molar refractivity (Wildman–Crippen MR) is 115 cm³/mol. The Kier molecular flexibility index (Phi) is 10.4. The van der Waals surface area contributed by atoms with Crippen LogP contribution in [0.3, 0.4) is 0 Å². The molecule has 0 bridgehead atoms. The molecule has 1 aromatic rings. The van der Waals surface area contributed by atoms with Crippen LogP contribution in [0.1, 0.15) is 31.9 Å². The van der Waals surface area contributed by atoms with E-state index in [9.17, 15) is 0 Å². The van der Waals surface area contributed by atoms with Gasteiger partial charge in [-0.15, -0.1) is 34.2 Å². The molecule has 0 saturated carbocycles. The minimum absolute atomic E-state index is 0. The van der Waals surface area contributed by atoms with Gasteiger partial charge in [0.1, 0.15) is 12.4 Å². The van der Waals surface area contributed by atoms with E-state index in [1.54, 1.807) is 7.11 Å². The van der Waals surface area contributed by atoms with Crippen molar-refractivity contribution in [3.8, 4) is 0 Å². The number of guanidine groups is 1. The highest BCUT2D eigenvalue weighted by Gasteiger charge is 2.28. The van der Waals surface area contributed by atoms with Crippen LogP contribution >= 0.6 is 24.0 Å². The summed E-state index contributed by atoms with van der Waals surface area (Å²) in [6, 6.07) is 0.599. The molecule has 0 aromatic carbocycles. The molecule has 8 nitrogen and oxygen atoms in total. The Labute approximate surface area is 174 Å². The van der Waals surface area contributed by atoms with Crippen molar-refractivity contribution in [1.82, 2.24) is 29.9 Å². The number of likely N-dealkylation sites (N-methyl/N-ethyl adjacent to an activating group) is 1. The molecule has 26 heavy (non-hydrogen) atoms. The second-order valence-corrected chi connectivity index (χ2v) is 6.39. The fourth-order valence-corrected chi connectivity index (χ4v) is 3.24. The molecule has 1 aliphatic rings. The topological polar surface area (TPSA) is 70.8 Å². The van der Waals surface area contributed by atoms with E-state index in [1.165, 1.54) is 6.42 Å². The second-order valence-electron chi connectivity index (χ2n) is 6.39. The first-order chi connectivity index (χ1) is 12.1. The Bertz CT molecular complexity index is 559. The monoisotopic (exact) mass is 479 g/mol. The normalized spacial score (nSPS) is 17.7. The summed E-state index contributed by atoms with van der Waals surface area (Å²) >= 11 is 0. The Morgan fingerprint density at radius 1 is 1.35 bits per heavy atom. The van der Waals surface area contributed by atoms with Crippen molar-refractivity contribution in [2.24, 2.45) is 12.0 Å². The molecule has 2 heterocycles. The van der Waals surface area contributed by atoms with Gasteiger partial charge in [-0.25, -0.2) is 4.99 Å². The van der Waals surface area contributed by atoms with E-state index in [0.717, 1.165) is 50.3 Å². The zero-order chi connectivity index (χ0) is 18.2. The van der Waals surface area contributed by atoms with Gasteiger partial charge in [0, 0.05) is 39.8 Å². The number of hydrogen-bond acceptors (Lipinski definition) is 5. The zero-order valence-corrected chi connectivity index (χ0v) is 19.1. The van der Waals surface area contributed by atoms with Gasteiger partial charge in [0.05, 0.1) is 6.61 Å². The van der Waals surface area contributed by atoms with Crippen molar-refractivity contribution in [3.05, 3.63) is 11.6 Å². The number of hydrogen-bond donors (Lipinski definition) is 1. The highest BCUT2D eigenvalue weighted by atomic mass is 127. The molecule has 1 fully saturated rings. The average molecular weight is 479 g/mol. The zero-order valence-electron chi connectivity index (χ0n) is 16.7. The van der Waals surface area contributed by atoms with Crippen LogP contribution in [0.25, 0.3) is 0 Å². The number of nitrogens with zero attached hydrogens (tertiary/aromatic N) is 6. The average Bonchev–Trinajstić information content (AvgIpc) is 3.21. The van der Waals surface area contributed by atoms with Gasteiger partial charge in [-0.2, -0.15) is 0 Å². The summed E-state index contributed by atoms with van der Waals surface area (Å²) in [5.74, 6) is 2.72. The molecule has 1 unspecified atom stereocenters. The fraction of sp³-hybridized carbons (Fsp3) is 0.824. The van der Waals surface area contributed by atoms with Crippen LogP contribution in [0, 0.1) is 6.92 Å². The minimum Gasteiger partial charge on any atom is -0.383 e. The number of methoxy groups -OCH3 is 1. The first-order valence-electron chi connectivity index (χ1n) is 9.21. The number of nitrogens with one attached hydrogen (secondary N) is 1. The Balaban J connectivity index is 0.00000338. The number of halogens is 1. The summed E-state index contributed by atoms with van der Waals surface area (Å²) in [5.41, 5.74) is 0. The van der Waals surface area contributed by atoms with Crippen molar-refractivity contribution in [1.29, 1.82) is 0 Å². The number of likely N-dealkylation sites (tertiary alicyclic amines) is 1. The molecule has 0 amide bonds. The minimum atomic E-state index is 0. The standard InChI is InChI=1S/C17H33N7O.HI/c1-6-23(7-2)15-8-10-24(13-15)17(18-9-11-25-5)19-12-16-21-20-14(3)22(16)4;/h15H,6-13H2,1-5H3,(H,18,19);1H. The third kappa shape index (κ3) is 6.05. The third-order valence-electron chi connectivity index (χ3n) is 4.93. The summed E-state index contributed by atoms with van der Waals surface area (Å²) < 4.78 is 7.15. The summed E-state index contributed by atoms with van der Waals surface area (Å²) in [7, 11) is 3.69. The van der Waals surface area contributed by atoms with Gasteiger partial charge < -0.3 is 19.5 Å². The number of aryl methyl sites for hydroxylation is 1. The summed E-state index contributed by atoms with van der Waals surface area (Å²) in [5, 5.41) is 11.7. The van der Waals surface area contributed by atoms with Crippen LogP contribution in [0.5, 0.6) is 0 Å². The van der Waals surface area contributed by atoms with Crippen molar-refractivity contribution in [2.45, 2.75) is 39.8 Å². The largest absolute Gasteiger partial charge is 0.383 e. The molecular weight excluding hydrogens is 445 g/mol. The van der Waals surface area contributed by atoms with Gasteiger partial charge in [-0.05, 0) is 26.4 Å². The molecular formula is C17H34IN7O. The lowest BCUT2D eigenvalue weighted by Crippen LogP contribution is -2.44. The van der Waals surface area contributed by atoms with Crippen LogP contribution in [-0.2, 0) is 18.3 Å². The van der Waals surface area contributed by atoms with E-state index < -0.39 is 0 Å². The van der Waals surface area contributed by atoms with E-state index in [1.807, 2.05) is 18.5 Å². The van der Waals surface area contributed by atoms with Gasteiger partial charge in [0.2, 0.25) is 0 Å². The van der Waals surface area contributed by atoms with E-state index in [2.05, 4.69) is 39.2 Å². The van der Waals surface area contributed by atoms with Crippen LogP contribution in [0.15, 0.2) is 4.99 Å². The predicted octanol–water partition coefficient (Wildman–Crippen LogP) is 1.25. The van der Waals surface area contributed by atoms with Gasteiger partial charge >= 0.3 is 0 Å². The van der Waals surface area contributed by atoms with E-state index in [4.69, 9.17) is 9.73 Å². The first-order valence-corrected chi connectivity index (χ1v) is 9.21. The van der Waals surface area contributed by atoms with Gasteiger partial charge in [-0.3, -0.25) is 4.90 Å². The molecule has 150 valence electrons. The van der Waals surface area contributed by atoms with Crippen LogP contribution in [-0.4, -0.2) is 83.0 Å². The molecule has 0 spiro atoms. The molecule has 1 aliphatic heterocycles. The number of aromatic nitrogens is 3. The van der Waals surface area contributed by atoms with Gasteiger partial charge in [0.15, 0.2) is 11.8 Å². The summed E-state index contributed by atoms with van der Waals surface area (Å²) in [6.45, 7) is 12.6. The highest BCUT2D eigenvalue weighted by Crippen LogP contribution is 2.15. The lowest BCUT2D eigenvalue weighted by atomic mass is 10.2. The van der Waals surface area contributed by atoms with Gasteiger partial charge in [0.25, 0.3) is 0 Å². The Hall–Kier alpha value is -0.940. The molecule has 0 aliphatic carbocycles.